The summed E-state index contributed by atoms with van der Waals surface area (Å²) in [6.07, 6.45) is 3.27. The Morgan fingerprint density at radius 3 is 3.31 bits per heavy atom. The molecule has 3 heteroatoms. The molecule has 1 unspecified atom stereocenters. The van der Waals surface area contributed by atoms with Crippen LogP contribution in [0.5, 0.6) is 0 Å². The zero-order valence-electron chi connectivity index (χ0n) is 7.57. The Hall–Kier alpha value is -0.380. The van der Waals surface area contributed by atoms with Crippen molar-refractivity contribution >= 4 is 11.3 Å². The molecule has 0 spiro atoms. The van der Waals surface area contributed by atoms with Crippen molar-refractivity contribution in [1.82, 2.24) is 0 Å². The predicted molar refractivity (Wildman–Crippen MR) is 52.9 cm³/mol. The van der Waals surface area contributed by atoms with E-state index in [1.165, 1.54) is 5.56 Å². The van der Waals surface area contributed by atoms with E-state index in [0.29, 0.717) is 0 Å². The highest BCUT2D eigenvalue weighted by Crippen LogP contribution is 2.14. The Morgan fingerprint density at radius 1 is 1.62 bits per heavy atom. The Labute approximate surface area is 82.5 Å². The van der Waals surface area contributed by atoms with E-state index in [-0.39, 0.29) is 6.29 Å². The molecule has 1 saturated heterocycles. The molecule has 1 aliphatic heterocycles. The lowest BCUT2D eigenvalue weighted by Crippen LogP contribution is -2.12. The van der Waals surface area contributed by atoms with E-state index in [9.17, 15) is 0 Å². The molecule has 2 rings (SSSR count). The fraction of sp³-hybridized carbons (Fsp3) is 0.600. The van der Waals surface area contributed by atoms with Crippen molar-refractivity contribution in [3.63, 3.8) is 0 Å². The molecule has 0 N–H and O–H groups in total. The second kappa shape index (κ2) is 4.74. The van der Waals surface area contributed by atoms with E-state index in [1.54, 1.807) is 11.3 Å². The Kier molecular flexibility index (Phi) is 3.35. The monoisotopic (exact) mass is 198 g/mol. The molecule has 72 valence electrons. The number of thiophene rings is 1. The molecule has 0 saturated carbocycles. The summed E-state index contributed by atoms with van der Waals surface area (Å²) in [5.41, 5.74) is 1.36. The number of rotatable bonds is 4. The molecule has 1 atom stereocenters. The first-order valence-corrected chi connectivity index (χ1v) is 5.64. The van der Waals surface area contributed by atoms with Crippen LogP contribution in [0.4, 0.5) is 0 Å². The van der Waals surface area contributed by atoms with Crippen molar-refractivity contribution in [2.24, 2.45) is 0 Å². The molecule has 13 heavy (non-hydrogen) atoms. The average molecular weight is 198 g/mol. The molecule has 1 fully saturated rings. The molecule has 0 radical (unpaired) electrons. The first kappa shape index (κ1) is 9.19. The van der Waals surface area contributed by atoms with Crippen molar-refractivity contribution in [2.45, 2.75) is 25.6 Å². The van der Waals surface area contributed by atoms with Crippen LogP contribution >= 0.6 is 11.3 Å². The SMILES string of the molecule is c1cc(CCOC2CCCO2)cs1. The van der Waals surface area contributed by atoms with Crippen LogP contribution in [0.25, 0.3) is 0 Å². The summed E-state index contributed by atoms with van der Waals surface area (Å²) in [5, 5.41) is 4.26. The standard InChI is InChI=1S/C10H14O2S/c1-2-10(11-5-1)12-6-3-9-4-7-13-8-9/h4,7-8,10H,1-3,5-6H2. The van der Waals surface area contributed by atoms with E-state index in [0.717, 1.165) is 32.5 Å². The molecule has 0 bridgehead atoms. The van der Waals surface area contributed by atoms with Crippen molar-refractivity contribution in [3.05, 3.63) is 22.4 Å². The van der Waals surface area contributed by atoms with E-state index in [4.69, 9.17) is 9.47 Å². The quantitative estimate of drug-likeness (QED) is 0.740. The van der Waals surface area contributed by atoms with E-state index in [1.807, 2.05) is 0 Å². The highest BCUT2D eigenvalue weighted by atomic mass is 32.1. The normalized spacial score (nSPS) is 22.3. The van der Waals surface area contributed by atoms with Crippen LogP contribution in [0.2, 0.25) is 0 Å². The number of ether oxygens (including phenoxy) is 2. The van der Waals surface area contributed by atoms with Gasteiger partial charge in [-0.15, -0.1) is 0 Å². The van der Waals surface area contributed by atoms with E-state index < -0.39 is 0 Å². The third kappa shape index (κ3) is 2.79. The third-order valence-electron chi connectivity index (χ3n) is 2.16. The number of hydrogen-bond donors (Lipinski definition) is 0. The van der Waals surface area contributed by atoms with Crippen molar-refractivity contribution < 1.29 is 9.47 Å². The van der Waals surface area contributed by atoms with Crippen LogP contribution in [-0.2, 0) is 15.9 Å². The second-order valence-corrected chi connectivity index (χ2v) is 3.98. The van der Waals surface area contributed by atoms with Gasteiger partial charge in [0.15, 0.2) is 6.29 Å². The van der Waals surface area contributed by atoms with Gasteiger partial charge in [0.25, 0.3) is 0 Å². The fourth-order valence-corrected chi connectivity index (χ4v) is 2.13. The van der Waals surface area contributed by atoms with Crippen molar-refractivity contribution in [3.8, 4) is 0 Å². The molecular formula is C10H14O2S. The van der Waals surface area contributed by atoms with Gasteiger partial charge in [-0.2, -0.15) is 11.3 Å². The Balaban J connectivity index is 1.63. The Bertz CT molecular complexity index is 227. The van der Waals surface area contributed by atoms with Crippen LogP contribution in [0.1, 0.15) is 18.4 Å². The maximum Gasteiger partial charge on any atom is 0.157 e. The van der Waals surface area contributed by atoms with E-state index >= 15 is 0 Å². The predicted octanol–water partition coefficient (Wildman–Crippen LogP) is 2.44. The minimum Gasteiger partial charge on any atom is -0.353 e. The molecule has 1 aromatic rings. The average Bonchev–Trinajstić information content (AvgIpc) is 2.75. The van der Waals surface area contributed by atoms with Gasteiger partial charge in [0.1, 0.15) is 0 Å². The molecule has 1 aliphatic rings. The molecule has 2 nitrogen and oxygen atoms in total. The molecule has 0 amide bonds. The van der Waals surface area contributed by atoms with Gasteiger partial charge in [-0.3, -0.25) is 0 Å². The molecule has 0 aromatic carbocycles. The van der Waals surface area contributed by atoms with Crippen LogP contribution in [-0.4, -0.2) is 19.5 Å². The summed E-state index contributed by atoms with van der Waals surface area (Å²) >= 11 is 1.74. The first-order chi connectivity index (χ1) is 6.45. The maximum atomic E-state index is 5.56. The summed E-state index contributed by atoms with van der Waals surface area (Å²) in [7, 11) is 0. The van der Waals surface area contributed by atoms with Gasteiger partial charge in [0.05, 0.1) is 6.61 Å². The summed E-state index contributed by atoms with van der Waals surface area (Å²) in [4.78, 5) is 0. The summed E-state index contributed by atoms with van der Waals surface area (Å²) in [6.45, 7) is 1.64. The summed E-state index contributed by atoms with van der Waals surface area (Å²) in [6, 6.07) is 2.14. The largest absolute Gasteiger partial charge is 0.353 e. The van der Waals surface area contributed by atoms with Gasteiger partial charge in [-0.25, -0.2) is 0 Å². The molecule has 1 aromatic heterocycles. The maximum absolute atomic E-state index is 5.56. The first-order valence-electron chi connectivity index (χ1n) is 4.69. The van der Waals surface area contributed by atoms with Gasteiger partial charge in [-0.1, -0.05) is 0 Å². The van der Waals surface area contributed by atoms with Gasteiger partial charge < -0.3 is 9.47 Å². The van der Waals surface area contributed by atoms with Crippen LogP contribution < -0.4 is 0 Å². The van der Waals surface area contributed by atoms with Gasteiger partial charge in [0, 0.05) is 13.0 Å². The minimum absolute atomic E-state index is 0.0682. The zero-order chi connectivity index (χ0) is 8.93. The van der Waals surface area contributed by atoms with Crippen molar-refractivity contribution in [2.75, 3.05) is 13.2 Å². The Morgan fingerprint density at radius 2 is 2.62 bits per heavy atom. The number of hydrogen-bond acceptors (Lipinski definition) is 3. The lowest BCUT2D eigenvalue weighted by molar-refractivity contribution is -0.109. The highest BCUT2D eigenvalue weighted by molar-refractivity contribution is 7.07. The molecule has 2 heterocycles. The summed E-state index contributed by atoms with van der Waals surface area (Å²) < 4.78 is 10.9. The van der Waals surface area contributed by atoms with E-state index in [2.05, 4.69) is 16.8 Å². The van der Waals surface area contributed by atoms with Crippen LogP contribution in [0.3, 0.4) is 0 Å². The van der Waals surface area contributed by atoms with Crippen LogP contribution in [0.15, 0.2) is 16.8 Å². The summed E-state index contributed by atoms with van der Waals surface area (Å²) in [5.74, 6) is 0. The zero-order valence-corrected chi connectivity index (χ0v) is 8.39. The third-order valence-corrected chi connectivity index (χ3v) is 2.89. The van der Waals surface area contributed by atoms with Crippen molar-refractivity contribution in [1.29, 1.82) is 0 Å². The van der Waals surface area contributed by atoms with Gasteiger partial charge in [0.2, 0.25) is 0 Å². The fourth-order valence-electron chi connectivity index (χ4n) is 1.42. The highest BCUT2D eigenvalue weighted by Gasteiger charge is 2.14. The topological polar surface area (TPSA) is 18.5 Å². The minimum atomic E-state index is 0.0682. The smallest absolute Gasteiger partial charge is 0.157 e. The lowest BCUT2D eigenvalue weighted by Gasteiger charge is -2.09. The second-order valence-electron chi connectivity index (χ2n) is 3.19. The van der Waals surface area contributed by atoms with Gasteiger partial charge >= 0.3 is 0 Å². The van der Waals surface area contributed by atoms with Gasteiger partial charge in [-0.05, 0) is 35.2 Å². The van der Waals surface area contributed by atoms with Crippen LogP contribution in [0, 0.1) is 0 Å². The lowest BCUT2D eigenvalue weighted by atomic mass is 10.2. The molecule has 0 aliphatic carbocycles. The molecular weight excluding hydrogens is 184 g/mol.